The van der Waals surface area contributed by atoms with E-state index in [4.69, 9.17) is 21.1 Å². The van der Waals surface area contributed by atoms with E-state index in [-0.39, 0.29) is 11.9 Å². The van der Waals surface area contributed by atoms with Crippen LogP contribution in [0, 0.1) is 6.92 Å². The number of anilines is 1. The van der Waals surface area contributed by atoms with E-state index in [0.29, 0.717) is 34.1 Å². The average Bonchev–Trinajstić information content (AvgIpc) is 2.98. The zero-order chi connectivity index (χ0) is 20.5. The first-order valence-corrected chi connectivity index (χ1v) is 10.6. The number of amides is 1. The highest BCUT2D eigenvalue weighted by Crippen LogP contribution is 2.40. The summed E-state index contributed by atoms with van der Waals surface area (Å²) in [7, 11) is 0. The number of rotatable bonds is 3. The van der Waals surface area contributed by atoms with Crippen molar-refractivity contribution in [2.45, 2.75) is 26.8 Å². The molecule has 0 radical (unpaired) electrons. The van der Waals surface area contributed by atoms with Gasteiger partial charge in [0.2, 0.25) is 0 Å². The van der Waals surface area contributed by atoms with Crippen LogP contribution in [0.4, 0.5) is 5.69 Å². The molecule has 0 spiro atoms. The summed E-state index contributed by atoms with van der Waals surface area (Å²) in [5.41, 5.74) is 2.47. The molecule has 0 aromatic heterocycles. The lowest BCUT2D eigenvalue weighted by Crippen LogP contribution is -2.30. The Balaban J connectivity index is 1.74. The second kappa shape index (κ2) is 8.13. The van der Waals surface area contributed by atoms with E-state index in [1.807, 2.05) is 63.2 Å². The maximum Gasteiger partial charge on any atom is 0.271 e. The van der Waals surface area contributed by atoms with E-state index >= 15 is 0 Å². The molecule has 4 rings (SSSR count). The first-order chi connectivity index (χ1) is 13.9. The summed E-state index contributed by atoms with van der Waals surface area (Å²) in [6, 6.07) is 11.3. The number of hydrogen-bond donors (Lipinski definition) is 0. The molecule has 1 saturated heterocycles. The minimum Gasteiger partial charge on any atom is -0.486 e. The lowest BCUT2D eigenvalue weighted by atomic mass is 10.1. The molecule has 2 aliphatic rings. The molecule has 2 aliphatic heterocycles. The minimum atomic E-state index is -0.116. The Bertz CT molecular complexity index is 1030. The van der Waals surface area contributed by atoms with Crippen LogP contribution in [0.25, 0.3) is 6.08 Å². The summed E-state index contributed by atoms with van der Waals surface area (Å²) < 4.78 is 11.2. The number of carbonyl (C=O) groups excluding carboxylic acids is 1. The maximum absolute atomic E-state index is 13.3. The van der Waals surface area contributed by atoms with E-state index in [9.17, 15) is 4.79 Å². The van der Waals surface area contributed by atoms with Crippen molar-refractivity contribution < 1.29 is 14.3 Å². The van der Waals surface area contributed by atoms with Crippen molar-refractivity contribution in [2.24, 2.45) is 4.99 Å². The molecule has 2 aromatic carbocycles. The van der Waals surface area contributed by atoms with Crippen molar-refractivity contribution in [1.82, 2.24) is 0 Å². The molecular weight excluding hydrogens is 408 g/mol. The summed E-state index contributed by atoms with van der Waals surface area (Å²) in [5, 5.41) is 1.27. The zero-order valence-corrected chi connectivity index (χ0v) is 18.0. The Kier molecular flexibility index (Phi) is 5.56. The molecular formula is C22H21ClN2O3S. The van der Waals surface area contributed by atoms with E-state index in [0.717, 1.165) is 22.6 Å². The van der Waals surface area contributed by atoms with Gasteiger partial charge in [0.15, 0.2) is 16.7 Å². The molecule has 7 heteroatoms. The predicted molar refractivity (Wildman–Crippen MR) is 119 cm³/mol. The normalized spacial score (nSPS) is 18.9. The van der Waals surface area contributed by atoms with Crippen LogP contribution in [0.1, 0.15) is 25.0 Å². The van der Waals surface area contributed by atoms with Crippen molar-refractivity contribution in [3.63, 3.8) is 0 Å². The van der Waals surface area contributed by atoms with Crippen LogP contribution in [0.15, 0.2) is 46.3 Å². The van der Waals surface area contributed by atoms with Crippen molar-refractivity contribution in [3.05, 3.63) is 57.5 Å². The predicted octanol–water partition coefficient (Wildman–Crippen LogP) is 5.30. The van der Waals surface area contributed by atoms with Gasteiger partial charge in [-0.3, -0.25) is 14.7 Å². The smallest absolute Gasteiger partial charge is 0.271 e. The fourth-order valence-electron chi connectivity index (χ4n) is 3.13. The maximum atomic E-state index is 13.3. The third-order valence-electron chi connectivity index (χ3n) is 4.52. The van der Waals surface area contributed by atoms with Gasteiger partial charge in [-0.15, -0.1) is 0 Å². The Morgan fingerprint density at radius 3 is 2.69 bits per heavy atom. The van der Waals surface area contributed by atoms with Gasteiger partial charge in [0.05, 0.1) is 10.6 Å². The van der Waals surface area contributed by atoms with Crippen LogP contribution in [-0.4, -0.2) is 30.3 Å². The number of carbonyl (C=O) groups is 1. The fraction of sp³-hybridized carbons (Fsp3) is 0.273. The van der Waals surface area contributed by atoms with Crippen LogP contribution in [-0.2, 0) is 4.79 Å². The van der Waals surface area contributed by atoms with Gasteiger partial charge in [0.25, 0.3) is 5.91 Å². The summed E-state index contributed by atoms with van der Waals surface area (Å²) in [5.74, 6) is 1.30. The highest BCUT2D eigenvalue weighted by atomic mass is 35.5. The summed E-state index contributed by atoms with van der Waals surface area (Å²) in [6.45, 7) is 6.96. The third kappa shape index (κ3) is 4.00. The second-order valence-electron chi connectivity index (χ2n) is 7.04. The Labute approximate surface area is 179 Å². The average molecular weight is 429 g/mol. The first kappa shape index (κ1) is 19.9. The molecule has 0 saturated carbocycles. The van der Waals surface area contributed by atoms with Gasteiger partial charge in [-0.1, -0.05) is 23.7 Å². The van der Waals surface area contributed by atoms with Gasteiger partial charge >= 0.3 is 0 Å². The largest absolute Gasteiger partial charge is 0.486 e. The standard InChI is InChI=1S/C22H21ClN2O3S/c1-13(2)24-22-25(17-6-4-5-16(23)14(17)3)21(26)20(29-22)12-15-7-8-18-19(11-15)28-10-9-27-18/h4-8,11-13H,9-10H2,1-3H3/b20-12-,24-22-. The quantitative estimate of drug-likeness (QED) is 0.622. The number of fused-ring (bicyclic) bond motifs is 1. The highest BCUT2D eigenvalue weighted by Gasteiger charge is 2.35. The van der Waals surface area contributed by atoms with Crippen LogP contribution < -0.4 is 14.4 Å². The molecule has 5 nitrogen and oxygen atoms in total. The molecule has 0 atom stereocenters. The van der Waals surface area contributed by atoms with Crippen molar-refractivity contribution in [2.75, 3.05) is 18.1 Å². The van der Waals surface area contributed by atoms with Gasteiger partial charge in [0, 0.05) is 11.1 Å². The molecule has 29 heavy (non-hydrogen) atoms. The van der Waals surface area contributed by atoms with Gasteiger partial charge in [-0.2, -0.15) is 0 Å². The molecule has 0 N–H and O–H groups in total. The summed E-state index contributed by atoms with van der Waals surface area (Å²) in [6.07, 6.45) is 1.86. The summed E-state index contributed by atoms with van der Waals surface area (Å²) in [4.78, 5) is 20.2. The molecule has 0 bridgehead atoms. The zero-order valence-electron chi connectivity index (χ0n) is 16.4. The SMILES string of the molecule is Cc1c(Cl)cccc1N1C(=O)/C(=C/c2ccc3c(c2)OCCO3)S/C1=N\C(C)C. The van der Waals surface area contributed by atoms with Crippen molar-refractivity contribution in [1.29, 1.82) is 0 Å². The van der Waals surface area contributed by atoms with Crippen molar-refractivity contribution >= 4 is 46.2 Å². The number of nitrogens with zero attached hydrogens (tertiary/aromatic N) is 2. The van der Waals surface area contributed by atoms with Gasteiger partial charge < -0.3 is 9.47 Å². The third-order valence-corrected chi connectivity index (χ3v) is 5.91. The number of amidine groups is 1. The fourth-order valence-corrected chi connectivity index (χ4v) is 4.41. The van der Waals surface area contributed by atoms with Crippen LogP contribution >= 0.6 is 23.4 Å². The number of halogens is 1. The van der Waals surface area contributed by atoms with Gasteiger partial charge in [-0.25, -0.2) is 0 Å². The topological polar surface area (TPSA) is 51.1 Å². The van der Waals surface area contributed by atoms with Crippen LogP contribution in [0.3, 0.4) is 0 Å². The lowest BCUT2D eigenvalue weighted by Gasteiger charge is -2.19. The molecule has 0 unspecified atom stereocenters. The number of hydrogen-bond acceptors (Lipinski definition) is 5. The van der Waals surface area contributed by atoms with Crippen LogP contribution in [0.2, 0.25) is 5.02 Å². The highest BCUT2D eigenvalue weighted by molar-refractivity contribution is 8.19. The molecule has 1 amide bonds. The monoisotopic (exact) mass is 428 g/mol. The summed E-state index contributed by atoms with van der Waals surface area (Å²) >= 11 is 7.67. The molecule has 2 aromatic rings. The van der Waals surface area contributed by atoms with E-state index in [1.54, 1.807) is 4.90 Å². The van der Waals surface area contributed by atoms with Gasteiger partial charge in [-0.05, 0) is 74.0 Å². The molecule has 150 valence electrons. The van der Waals surface area contributed by atoms with Gasteiger partial charge in [0.1, 0.15) is 13.2 Å². The number of aliphatic imine (C=N–C) groups is 1. The Hall–Kier alpha value is -2.44. The van der Waals surface area contributed by atoms with Crippen LogP contribution in [0.5, 0.6) is 11.5 Å². The molecule has 2 heterocycles. The molecule has 0 aliphatic carbocycles. The lowest BCUT2D eigenvalue weighted by molar-refractivity contribution is -0.113. The Morgan fingerprint density at radius 2 is 1.93 bits per heavy atom. The second-order valence-corrected chi connectivity index (χ2v) is 8.46. The number of benzene rings is 2. The first-order valence-electron chi connectivity index (χ1n) is 9.40. The van der Waals surface area contributed by atoms with E-state index < -0.39 is 0 Å². The van der Waals surface area contributed by atoms with E-state index in [1.165, 1.54) is 11.8 Å². The Morgan fingerprint density at radius 1 is 1.17 bits per heavy atom. The molecule has 1 fully saturated rings. The minimum absolute atomic E-state index is 0.0564. The number of ether oxygens (including phenoxy) is 2. The number of thioether (sulfide) groups is 1. The van der Waals surface area contributed by atoms with Crippen molar-refractivity contribution in [3.8, 4) is 11.5 Å². The van der Waals surface area contributed by atoms with E-state index in [2.05, 4.69) is 4.99 Å².